The van der Waals surface area contributed by atoms with Gasteiger partial charge in [-0.15, -0.1) is 0 Å². The molecule has 1 aliphatic heterocycles. The molecule has 1 aromatic carbocycles. The van der Waals surface area contributed by atoms with E-state index in [1.54, 1.807) is 43.6 Å². The summed E-state index contributed by atoms with van der Waals surface area (Å²) < 4.78 is 16.5. The van der Waals surface area contributed by atoms with Crippen molar-refractivity contribution in [1.29, 1.82) is 0 Å². The Labute approximate surface area is 226 Å². The summed E-state index contributed by atoms with van der Waals surface area (Å²) in [5, 5.41) is 3.42. The number of hydrogen-bond acceptors (Lipinski definition) is 6. The lowest BCUT2D eigenvalue weighted by Crippen LogP contribution is -2.43. The molecule has 38 heavy (non-hydrogen) atoms. The number of benzene rings is 1. The van der Waals surface area contributed by atoms with Gasteiger partial charge in [0.2, 0.25) is 5.91 Å². The quantitative estimate of drug-likeness (QED) is 0.334. The molecule has 5 rings (SSSR count). The van der Waals surface area contributed by atoms with Gasteiger partial charge in [0.15, 0.2) is 5.78 Å². The fourth-order valence-corrected chi connectivity index (χ4v) is 5.04. The molecule has 3 aromatic heterocycles. The first kappa shape index (κ1) is 25.7. The predicted octanol–water partition coefficient (Wildman–Crippen LogP) is 4.98. The first-order valence-corrected chi connectivity index (χ1v) is 12.8. The molecule has 0 radical (unpaired) electrons. The Balaban J connectivity index is 1.41. The second-order valence-electron chi connectivity index (χ2n) is 9.21. The molecule has 194 valence electrons. The summed E-state index contributed by atoms with van der Waals surface area (Å²) in [6.07, 6.45) is 3.53. The number of halogens is 2. The van der Waals surface area contributed by atoms with Crippen molar-refractivity contribution in [1.82, 2.24) is 24.4 Å². The molecular formula is C27H24BrFN6O3. The van der Waals surface area contributed by atoms with Crippen LogP contribution in [-0.2, 0) is 11.2 Å². The Hall–Kier alpha value is -3.99. The molecule has 0 unspecified atom stereocenters. The topological polar surface area (TPSA) is 110 Å². The van der Waals surface area contributed by atoms with E-state index in [-0.39, 0.29) is 31.1 Å². The van der Waals surface area contributed by atoms with Gasteiger partial charge in [-0.3, -0.25) is 14.2 Å². The average Bonchev–Trinajstić information content (AvgIpc) is 3.45. The number of aromatic nitrogens is 4. The van der Waals surface area contributed by atoms with Gasteiger partial charge in [0.05, 0.1) is 30.2 Å². The Kier molecular flexibility index (Phi) is 7.02. The monoisotopic (exact) mass is 578 g/mol. The van der Waals surface area contributed by atoms with Crippen molar-refractivity contribution < 1.29 is 18.8 Å². The second-order valence-corrected chi connectivity index (χ2v) is 10.0. The molecule has 2 amide bonds. The lowest BCUT2D eigenvalue weighted by Gasteiger charge is -2.23. The predicted molar refractivity (Wildman–Crippen MR) is 144 cm³/mol. The second kappa shape index (κ2) is 10.4. The highest BCUT2D eigenvalue weighted by molar-refractivity contribution is 9.10. The molecule has 1 aliphatic rings. The molecule has 0 spiro atoms. The number of aryl methyl sites for hydroxylation is 1. The van der Waals surface area contributed by atoms with Crippen LogP contribution in [0.3, 0.4) is 0 Å². The van der Waals surface area contributed by atoms with Crippen LogP contribution in [0, 0.1) is 6.92 Å². The average molecular weight is 579 g/mol. The number of alkyl halides is 1. The molecule has 9 nitrogen and oxygen atoms in total. The van der Waals surface area contributed by atoms with Crippen molar-refractivity contribution in [3.63, 3.8) is 0 Å². The maximum atomic E-state index is 14.4. The number of nitrogens with zero attached hydrogens (tertiary/aromatic N) is 5. The molecule has 4 heterocycles. The largest absolute Gasteiger partial charge is 0.322 e. The van der Waals surface area contributed by atoms with E-state index in [0.29, 0.717) is 32.7 Å². The number of ketones is 1. The highest BCUT2D eigenvalue weighted by Crippen LogP contribution is 2.32. The molecule has 0 saturated carbocycles. The lowest BCUT2D eigenvalue weighted by molar-refractivity contribution is -0.122. The van der Waals surface area contributed by atoms with Gasteiger partial charge in [-0.2, -0.15) is 0 Å². The molecule has 1 fully saturated rings. The van der Waals surface area contributed by atoms with E-state index in [2.05, 4.69) is 36.2 Å². The highest BCUT2D eigenvalue weighted by Gasteiger charge is 2.40. The van der Waals surface area contributed by atoms with Crippen LogP contribution in [0.4, 0.5) is 14.9 Å². The Morgan fingerprint density at radius 2 is 1.89 bits per heavy atom. The summed E-state index contributed by atoms with van der Waals surface area (Å²) in [5.74, 6) is 0.114. The summed E-state index contributed by atoms with van der Waals surface area (Å²) in [5.41, 5.74) is 3.10. The van der Waals surface area contributed by atoms with Crippen molar-refractivity contribution in [2.24, 2.45) is 0 Å². The number of carbonyl (C=O) groups is 3. The van der Waals surface area contributed by atoms with Gasteiger partial charge in [-0.1, -0.05) is 18.2 Å². The van der Waals surface area contributed by atoms with Crippen molar-refractivity contribution in [3.8, 4) is 11.1 Å². The SMILES string of the molecule is CC(=O)n1cc(NC(=O)N2C[C@H](F)C[C@H]2C(=O)Cc2cccc(Br)n2)c2ccc(-c3cnc(C)nc3)cc21. The third kappa shape index (κ3) is 5.19. The highest BCUT2D eigenvalue weighted by atomic mass is 79.9. The van der Waals surface area contributed by atoms with Gasteiger partial charge in [-0.25, -0.2) is 24.1 Å². The minimum Gasteiger partial charge on any atom is -0.311 e. The Morgan fingerprint density at radius 1 is 1.13 bits per heavy atom. The third-order valence-electron chi connectivity index (χ3n) is 6.51. The normalized spacial score (nSPS) is 17.1. The molecule has 1 saturated heterocycles. The first-order valence-electron chi connectivity index (χ1n) is 12.0. The maximum absolute atomic E-state index is 14.4. The number of amides is 2. The van der Waals surface area contributed by atoms with E-state index in [4.69, 9.17) is 0 Å². The minimum atomic E-state index is -1.32. The van der Waals surface area contributed by atoms with Gasteiger partial charge in [0.25, 0.3) is 0 Å². The molecule has 0 aliphatic carbocycles. The van der Waals surface area contributed by atoms with E-state index >= 15 is 0 Å². The van der Waals surface area contributed by atoms with Crippen LogP contribution in [-0.4, -0.2) is 60.9 Å². The lowest BCUT2D eigenvalue weighted by atomic mass is 10.0. The molecule has 1 N–H and O–H groups in total. The number of likely N-dealkylation sites (tertiary alicyclic amines) is 1. The number of hydrogen-bond donors (Lipinski definition) is 1. The van der Waals surface area contributed by atoms with E-state index in [1.165, 1.54) is 22.6 Å². The van der Waals surface area contributed by atoms with Gasteiger partial charge in [-0.05, 0) is 46.6 Å². The van der Waals surface area contributed by atoms with Gasteiger partial charge in [0, 0.05) is 48.6 Å². The summed E-state index contributed by atoms with van der Waals surface area (Å²) in [6.45, 7) is 3.02. The molecule has 0 bridgehead atoms. The fraction of sp³-hybridized carbons (Fsp3) is 0.259. The number of nitrogens with one attached hydrogen (secondary N) is 1. The van der Waals surface area contributed by atoms with Crippen LogP contribution in [0.1, 0.15) is 29.7 Å². The van der Waals surface area contributed by atoms with Crippen LogP contribution < -0.4 is 5.32 Å². The third-order valence-corrected chi connectivity index (χ3v) is 6.95. The van der Waals surface area contributed by atoms with Gasteiger partial charge < -0.3 is 10.2 Å². The summed E-state index contributed by atoms with van der Waals surface area (Å²) in [7, 11) is 0. The number of carbonyl (C=O) groups excluding carboxylic acids is 3. The smallest absolute Gasteiger partial charge is 0.311 e. The molecule has 11 heteroatoms. The van der Waals surface area contributed by atoms with Crippen LogP contribution in [0.15, 0.2) is 59.6 Å². The van der Waals surface area contributed by atoms with E-state index < -0.39 is 18.2 Å². The zero-order valence-electron chi connectivity index (χ0n) is 20.7. The molecule has 4 aromatic rings. The van der Waals surface area contributed by atoms with E-state index in [9.17, 15) is 18.8 Å². The summed E-state index contributed by atoms with van der Waals surface area (Å²) in [4.78, 5) is 52.7. The zero-order valence-corrected chi connectivity index (χ0v) is 22.3. The summed E-state index contributed by atoms with van der Waals surface area (Å²) >= 11 is 3.28. The van der Waals surface area contributed by atoms with Crippen molar-refractivity contribution in [3.05, 3.63) is 71.1 Å². The Morgan fingerprint density at radius 3 is 2.61 bits per heavy atom. The number of Topliss-reactive ketones (excluding diaryl/α,β-unsaturated/α-hetero) is 1. The van der Waals surface area contributed by atoms with Crippen molar-refractivity contribution >= 4 is 50.2 Å². The molecule has 2 atom stereocenters. The zero-order chi connectivity index (χ0) is 27.0. The van der Waals surface area contributed by atoms with Crippen LogP contribution in [0.5, 0.6) is 0 Å². The molecular weight excluding hydrogens is 555 g/mol. The fourth-order valence-electron chi connectivity index (χ4n) is 4.65. The number of fused-ring (bicyclic) bond motifs is 1. The van der Waals surface area contributed by atoms with Gasteiger partial charge in [0.1, 0.15) is 16.6 Å². The van der Waals surface area contributed by atoms with E-state index in [0.717, 1.165) is 11.1 Å². The number of pyridine rings is 1. The van der Waals surface area contributed by atoms with Gasteiger partial charge >= 0.3 is 6.03 Å². The minimum absolute atomic E-state index is 0.0181. The van der Waals surface area contributed by atoms with Crippen molar-refractivity contribution in [2.75, 3.05) is 11.9 Å². The van der Waals surface area contributed by atoms with Crippen LogP contribution in [0.2, 0.25) is 0 Å². The summed E-state index contributed by atoms with van der Waals surface area (Å²) in [6, 6.07) is 9.16. The Bertz CT molecular complexity index is 1550. The first-order chi connectivity index (χ1) is 18.2. The maximum Gasteiger partial charge on any atom is 0.322 e. The number of anilines is 1. The van der Waals surface area contributed by atoms with Crippen LogP contribution >= 0.6 is 15.9 Å². The van der Waals surface area contributed by atoms with E-state index in [1.807, 2.05) is 12.1 Å². The standard InChI is InChI=1S/C27H24BrFN6O3/c1-15-30-11-18(12-31-15)17-6-7-21-22(14-34(16(2)36)23(21)8-17)33-27(38)35-13-19(29)9-24(35)25(37)10-20-4-3-5-26(28)32-20/h3-8,11-12,14,19,24H,9-10,13H2,1-2H3,(H,33,38)/t19-,24+/m1/s1. The van der Waals surface area contributed by atoms with Crippen LogP contribution in [0.25, 0.3) is 22.0 Å². The number of urea groups is 1. The number of rotatable bonds is 5. The van der Waals surface area contributed by atoms with Crippen molar-refractivity contribution in [2.45, 2.75) is 38.9 Å².